The summed E-state index contributed by atoms with van der Waals surface area (Å²) in [6, 6.07) is 8.00. The Labute approximate surface area is 127 Å². The van der Waals surface area contributed by atoms with Crippen molar-refractivity contribution in [3.05, 3.63) is 29.8 Å². The summed E-state index contributed by atoms with van der Waals surface area (Å²) in [7, 11) is 1.65. The SMILES string of the molecule is CC[C@H](N)c1ccc(OCCOCCOCCOC)cc1. The van der Waals surface area contributed by atoms with Gasteiger partial charge in [-0.05, 0) is 24.1 Å². The first kappa shape index (κ1) is 17.9. The van der Waals surface area contributed by atoms with Crippen LogP contribution in [-0.4, -0.2) is 46.8 Å². The molecule has 0 aliphatic heterocycles. The molecule has 1 aromatic rings. The van der Waals surface area contributed by atoms with Crippen molar-refractivity contribution in [3.8, 4) is 5.75 Å². The molecule has 0 unspecified atom stereocenters. The standard InChI is InChI=1S/C16H27NO4/c1-3-16(17)14-4-6-15(7-5-14)21-13-12-20-11-10-19-9-8-18-2/h4-7,16H,3,8-13,17H2,1-2H3/t16-/m0/s1. The minimum Gasteiger partial charge on any atom is -0.491 e. The third-order valence-electron chi connectivity index (χ3n) is 3.05. The van der Waals surface area contributed by atoms with Gasteiger partial charge in [0.1, 0.15) is 12.4 Å². The van der Waals surface area contributed by atoms with E-state index in [-0.39, 0.29) is 6.04 Å². The van der Waals surface area contributed by atoms with Gasteiger partial charge in [-0.2, -0.15) is 0 Å². The van der Waals surface area contributed by atoms with Gasteiger partial charge in [-0.1, -0.05) is 19.1 Å². The molecule has 0 aromatic heterocycles. The molecule has 5 nitrogen and oxygen atoms in total. The third-order valence-corrected chi connectivity index (χ3v) is 3.05. The van der Waals surface area contributed by atoms with Crippen LogP contribution < -0.4 is 10.5 Å². The Balaban J connectivity index is 2.05. The van der Waals surface area contributed by atoms with Crippen LogP contribution in [-0.2, 0) is 14.2 Å². The van der Waals surface area contributed by atoms with E-state index in [0.717, 1.165) is 17.7 Å². The van der Waals surface area contributed by atoms with Gasteiger partial charge in [-0.15, -0.1) is 0 Å². The molecule has 0 saturated carbocycles. The van der Waals surface area contributed by atoms with Crippen molar-refractivity contribution < 1.29 is 18.9 Å². The van der Waals surface area contributed by atoms with E-state index in [2.05, 4.69) is 6.92 Å². The zero-order valence-corrected chi connectivity index (χ0v) is 13.0. The summed E-state index contributed by atoms with van der Waals surface area (Å²) in [5.74, 6) is 0.835. The summed E-state index contributed by atoms with van der Waals surface area (Å²) in [4.78, 5) is 0. The van der Waals surface area contributed by atoms with E-state index in [4.69, 9.17) is 24.7 Å². The van der Waals surface area contributed by atoms with E-state index in [9.17, 15) is 0 Å². The highest BCUT2D eigenvalue weighted by Crippen LogP contribution is 2.18. The maximum atomic E-state index is 5.96. The summed E-state index contributed by atoms with van der Waals surface area (Å²) in [5.41, 5.74) is 7.10. The highest BCUT2D eigenvalue weighted by Gasteiger charge is 2.02. The molecule has 120 valence electrons. The van der Waals surface area contributed by atoms with Crippen LogP contribution in [0.2, 0.25) is 0 Å². The lowest BCUT2D eigenvalue weighted by atomic mass is 10.1. The number of methoxy groups -OCH3 is 1. The lowest BCUT2D eigenvalue weighted by Gasteiger charge is -2.11. The van der Waals surface area contributed by atoms with Crippen LogP contribution in [0.3, 0.4) is 0 Å². The predicted molar refractivity (Wildman–Crippen MR) is 82.7 cm³/mol. The molecule has 0 aliphatic rings. The first-order valence-electron chi connectivity index (χ1n) is 7.40. The maximum Gasteiger partial charge on any atom is 0.119 e. The molecule has 0 bridgehead atoms. The maximum absolute atomic E-state index is 5.96. The highest BCUT2D eigenvalue weighted by atomic mass is 16.6. The Hall–Kier alpha value is -1.14. The second kappa shape index (κ2) is 11.5. The normalized spacial score (nSPS) is 12.3. The van der Waals surface area contributed by atoms with Gasteiger partial charge in [-0.25, -0.2) is 0 Å². The summed E-state index contributed by atoms with van der Waals surface area (Å²) < 4.78 is 21.2. The van der Waals surface area contributed by atoms with Gasteiger partial charge in [0, 0.05) is 13.2 Å². The first-order valence-corrected chi connectivity index (χ1v) is 7.40. The summed E-state index contributed by atoms with van der Waals surface area (Å²) in [6.45, 7) is 5.50. The van der Waals surface area contributed by atoms with Gasteiger partial charge in [-0.3, -0.25) is 0 Å². The molecule has 0 fully saturated rings. The van der Waals surface area contributed by atoms with Crippen LogP contribution in [0.15, 0.2) is 24.3 Å². The molecule has 5 heteroatoms. The monoisotopic (exact) mass is 297 g/mol. The second-order valence-corrected chi connectivity index (χ2v) is 4.65. The molecular weight excluding hydrogens is 270 g/mol. The molecule has 0 heterocycles. The van der Waals surface area contributed by atoms with Gasteiger partial charge >= 0.3 is 0 Å². The molecule has 0 spiro atoms. The second-order valence-electron chi connectivity index (χ2n) is 4.65. The Morgan fingerprint density at radius 2 is 1.48 bits per heavy atom. The van der Waals surface area contributed by atoms with E-state index in [0.29, 0.717) is 39.6 Å². The van der Waals surface area contributed by atoms with Gasteiger partial charge in [0.2, 0.25) is 0 Å². The minimum atomic E-state index is 0.0977. The fourth-order valence-corrected chi connectivity index (χ4v) is 1.73. The molecule has 0 aliphatic carbocycles. The first-order chi connectivity index (χ1) is 10.3. The van der Waals surface area contributed by atoms with E-state index < -0.39 is 0 Å². The van der Waals surface area contributed by atoms with Crippen molar-refractivity contribution in [1.82, 2.24) is 0 Å². The average molecular weight is 297 g/mol. The average Bonchev–Trinajstić information content (AvgIpc) is 2.53. The molecule has 1 rings (SSSR count). The number of rotatable bonds is 12. The molecule has 0 radical (unpaired) electrons. The van der Waals surface area contributed by atoms with E-state index >= 15 is 0 Å². The predicted octanol–water partition coefficient (Wildman–Crippen LogP) is 2.15. The number of hydrogen-bond donors (Lipinski definition) is 1. The van der Waals surface area contributed by atoms with Crippen molar-refractivity contribution in [1.29, 1.82) is 0 Å². The largest absolute Gasteiger partial charge is 0.491 e. The summed E-state index contributed by atoms with van der Waals surface area (Å²) in [5, 5.41) is 0. The van der Waals surface area contributed by atoms with Gasteiger partial charge in [0.25, 0.3) is 0 Å². The quantitative estimate of drug-likeness (QED) is 0.599. The fraction of sp³-hybridized carbons (Fsp3) is 0.625. The fourth-order valence-electron chi connectivity index (χ4n) is 1.73. The van der Waals surface area contributed by atoms with Crippen molar-refractivity contribution in [2.24, 2.45) is 5.73 Å². The van der Waals surface area contributed by atoms with Crippen LogP contribution >= 0.6 is 0 Å². The van der Waals surface area contributed by atoms with Crippen molar-refractivity contribution >= 4 is 0 Å². The van der Waals surface area contributed by atoms with Gasteiger partial charge < -0.3 is 24.7 Å². The van der Waals surface area contributed by atoms with Gasteiger partial charge in [0.15, 0.2) is 0 Å². The molecule has 0 amide bonds. The number of benzene rings is 1. The van der Waals surface area contributed by atoms with Crippen LogP contribution in [0.25, 0.3) is 0 Å². The van der Waals surface area contributed by atoms with E-state index in [1.165, 1.54) is 0 Å². The van der Waals surface area contributed by atoms with Crippen molar-refractivity contribution in [2.45, 2.75) is 19.4 Å². The van der Waals surface area contributed by atoms with Crippen LogP contribution in [0.4, 0.5) is 0 Å². The summed E-state index contributed by atoms with van der Waals surface area (Å²) >= 11 is 0. The molecule has 21 heavy (non-hydrogen) atoms. The zero-order chi connectivity index (χ0) is 15.3. The Morgan fingerprint density at radius 3 is 2.05 bits per heavy atom. The Morgan fingerprint density at radius 1 is 0.905 bits per heavy atom. The van der Waals surface area contributed by atoms with Crippen LogP contribution in [0, 0.1) is 0 Å². The lowest BCUT2D eigenvalue weighted by molar-refractivity contribution is 0.0180. The van der Waals surface area contributed by atoms with Crippen LogP contribution in [0.1, 0.15) is 24.9 Å². The van der Waals surface area contributed by atoms with Crippen molar-refractivity contribution in [3.63, 3.8) is 0 Å². The minimum absolute atomic E-state index is 0.0977. The Kier molecular flexibility index (Phi) is 9.82. The number of hydrogen-bond acceptors (Lipinski definition) is 5. The number of ether oxygens (including phenoxy) is 4. The Bertz CT molecular complexity index is 356. The number of nitrogens with two attached hydrogens (primary N) is 1. The molecule has 1 aromatic carbocycles. The van der Waals surface area contributed by atoms with Crippen LogP contribution in [0.5, 0.6) is 5.75 Å². The summed E-state index contributed by atoms with van der Waals surface area (Å²) in [6.07, 6.45) is 0.931. The van der Waals surface area contributed by atoms with Crippen molar-refractivity contribution in [2.75, 3.05) is 46.8 Å². The molecular formula is C16H27NO4. The molecule has 0 saturated heterocycles. The smallest absolute Gasteiger partial charge is 0.119 e. The zero-order valence-electron chi connectivity index (χ0n) is 13.0. The lowest BCUT2D eigenvalue weighted by Crippen LogP contribution is -2.12. The van der Waals surface area contributed by atoms with Gasteiger partial charge in [0.05, 0.1) is 33.0 Å². The highest BCUT2D eigenvalue weighted by molar-refractivity contribution is 5.28. The topological polar surface area (TPSA) is 62.9 Å². The molecule has 1 atom stereocenters. The third kappa shape index (κ3) is 8.02. The van der Waals surface area contributed by atoms with E-state index in [1.807, 2.05) is 24.3 Å². The van der Waals surface area contributed by atoms with E-state index in [1.54, 1.807) is 7.11 Å². The molecule has 2 N–H and O–H groups in total.